The highest BCUT2D eigenvalue weighted by atomic mass is 16.5. The monoisotopic (exact) mass is 206 g/mol. The molecular weight excluding hydrogens is 188 g/mol. The van der Waals surface area contributed by atoms with Crippen molar-refractivity contribution in [3.05, 3.63) is 35.9 Å². The number of benzene rings is 1. The summed E-state index contributed by atoms with van der Waals surface area (Å²) >= 11 is 0. The van der Waals surface area contributed by atoms with Crippen LogP contribution < -0.4 is 11.1 Å². The second-order valence-corrected chi connectivity index (χ2v) is 4.15. The van der Waals surface area contributed by atoms with Crippen LogP contribution in [0.5, 0.6) is 0 Å². The van der Waals surface area contributed by atoms with Crippen molar-refractivity contribution >= 4 is 0 Å². The third-order valence-electron chi connectivity index (χ3n) is 2.89. The van der Waals surface area contributed by atoms with Gasteiger partial charge in [0.1, 0.15) is 0 Å². The normalized spacial score (nSPS) is 18.5. The maximum absolute atomic E-state index is 5.60. The van der Waals surface area contributed by atoms with E-state index in [1.54, 1.807) is 0 Å². The quantitative estimate of drug-likeness (QED) is 0.752. The number of hydrogen-bond donors (Lipinski definition) is 2. The molecule has 0 radical (unpaired) electrons. The summed E-state index contributed by atoms with van der Waals surface area (Å²) in [5.74, 6) is 0. The number of ether oxygens (including phenoxy) is 1. The minimum absolute atomic E-state index is 0.130. The summed E-state index contributed by atoms with van der Waals surface area (Å²) in [7, 11) is 0. The van der Waals surface area contributed by atoms with E-state index in [0.29, 0.717) is 6.54 Å². The van der Waals surface area contributed by atoms with Crippen LogP contribution in [0.3, 0.4) is 0 Å². The van der Waals surface area contributed by atoms with Gasteiger partial charge >= 0.3 is 0 Å². The maximum Gasteiger partial charge on any atom is 0.0672 e. The molecule has 3 heteroatoms. The molecular formula is C12H18N2O. The van der Waals surface area contributed by atoms with Gasteiger partial charge in [0.25, 0.3) is 0 Å². The first kappa shape index (κ1) is 10.6. The van der Waals surface area contributed by atoms with Crippen molar-refractivity contribution in [3.63, 3.8) is 0 Å². The van der Waals surface area contributed by atoms with Crippen molar-refractivity contribution in [1.29, 1.82) is 0 Å². The third-order valence-corrected chi connectivity index (χ3v) is 2.89. The van der Waals surface area contributed by atoms with Crippen LogP contribution in [-0.2, 0) is 11.3 Å². The van der Waals surface area contributed by atoms with Crippen LogP contribution in [0.25, 0.3) is 0 Å². The van der Waals surface area contributed by atoms with Crippen LogP contribution >= 0.6 is 0 Å². The summed E-state index contributed by atoms with van der Waals surface area (Å²) in [4.78, 5) is 0. The highest BCUT2D eigenvalue weighted by Gasteiger charge is 2.36. The number of nitrogens with one attached hydrogen (secondary N) is 1. The molecule has 1 aliphatic heterocycles. The Morgan fingerprint density at radius 3 is 2.53 bits per heavy atom. The maximum atomic E-state index is 5.60. The molecule has 1 aromatic carbocycles. The zero-order valence-electron chi connectivity index (χ0n) is 8.91. The lowest BCUT2D eigenvalue weighted by atomic mass is 9.93. The van der Waals surface area contributed by atoms with Gasteiger partial charge in [-0.1, -0.05) is 30.3 Å². The van der Waals surface area contributed by atoms with Crippen molar-refractivity contribution in [2.45, 2.75) is 18.5 Å². The van der Waals surface area contributed by atoms with E-state index >= 15 is 0 Å². The van der Waals surface area contributed by atoms with Gasteiger partial charge in [0.15, 0.2) is 0 Å². The standard InChI is InChI=1S/C12H18N2O/c13-7-6-12(9-15-10-12)14-8-11-4-2-1-3-5-11/h1-5,14H,6-10,13H2. The lowest BCUT2D eigenvalue weighted by Gasteiger charge is -2.42. The fraction of sp³-hybridized carbons (Fsp3) is 0.500. The van der Waals surface area contributed by atoms with Crippen molar-refractivity contribution in [3.8, 4) is 0 Å². The van der Waals surface area contributed by atoms with Crippen molar-refractivity contribution < 1.29 is 4.74 Å². The predicted molar refractivity (Wildman–Crippen MR) is 60.5 cm³/mol. The SMILES string of the molecule is NCCC1(NCc2ccccc2)COC1. The number of hydrogen-bond acceptors (Lipinski definition) is 3. The van der Waals surface area contributed by atoms with E-state index in [9.17, 15) is 0 Å². The average molecular weight is 206 g/mol. The Kier molecular flexibility index (Phi) is 3.36. The van der Waals surface area contributed by atoms with Crippen LogP contribution in [0.15, 0.2) is 30.3 Å². The molecule has 0 bridgehead atoms. The van der Waals surface area contributed by atoms with Gasteiger partial charge in [0.2, 0.25) is 0 Å². The van der Waals surface area contributed by atoms with E-state index in [4.69, 9.17) is 10.5 Å². The Morgan fingerprint density at radius 1 is 1.27 bits per heavy atom. The molecule has 0 aliphatic carbocycles. The molecule has 1 fully saturated rings. The van der Waals surface area contributed by atoms with Gasteiger partial charge < -0.3 is 15.8 Å². The fourth-order valence-corrected chi connectivity index (χ4v) is 1.84. The molecule has 1 saturated heterocycles. The molecule has 0 aromatic heterocycles. The molecule has 1 heterocycles. The Morgan fingerprint density at radius 2 is 2.00 bits per heavy atom. The van der Waals surface area contributed by atoms with E-state index in [1.165, 1.54) is 5.56 Å². The van der Waals surface area contributed by atoms with Gasteiger partial charge in [0, 0.05) is 6.54 Å². The first-order valence-electron chi connectivity index (χ1n) is 5.41. The molecule has 0 saturated carbocycles. The largest absolute Gasteiger partial charge is 0.377 e. The van der Waals surface area contributed by atoms with Crippen LogP contribution in [0, 0.1) is 0 Å². The van der Waals surface area contributed by atoms with E-state index in [1.807, 2.05) is 6.07 Å². The van der Waals surface area contributed by atoms with Crippen molar-refractivity contribution in [2.75, 3.05) is 19.8 Å². The van der Waals surface area contributed by atoms with E-state index in [-0.39, 0.29) is 5.54 Å². The van der Waals surface area contributed by atoms with E-state index in [2.05, 4.69) is 29.6 Å². The van der Waals surface area contributed by atoms with Crippen LogP contribution in [0.4, 0.5) is 0 Å². The highest BCUT2D eigenvalue weighted by Crippen LogP contribution is 2.20. The van der Waals surface area contributed by atoms with Gasteiger partial charge in [-0.2, -0.15) is 0 Å². The second kappa shape index (κ2) is 4.75. The van der Waals surface area contributed by atoms with Gasteiger partial charge in [-0.15, -0.1) is 0 Å². The predicted octanol–water partition coefficient (Wildman–Crippen LogP) is 0.894. The molecule has 0 spiro atoms. The van der Waals surface area contributed by atoms with Crippen LogP contribution in [-0.4, -0.2) is 25.3 Å². The molecule has 0 unspecified atom stereocenters. The topological polar surface area (TPSA) is 47.3 Å². The number of rotatable bonds is 5. The summed E-state index contributed by atoms with van der Waals surface area (Å²) < 4.78 is 5.26. The van der Waals surface area contributed by atoms with Crippen LogP contribution in [0.2, 0.25) is 0 Å². The molecule has 0 amide bonds. The smallest absolute Gasteiger partial charge is 0.0672 e. The average Bonchev–Trinajstić information content (AvgIpc) is 2.23. The Labute approximate surface area is 90.6 Å². The Bertz CT molecular complexity index is 296. The first-order valence-corrected chi connectivity index (χ1v) is 5.41. The van der Waals surface area contributed by atoms with Crippen LogP contribution in [0.1, 0.15) is 12.0 Å². The lowest BCUT2D eigenvalue weighted by Crippen LogP contribution is -2.60. The zero-order valence-corrected chi connectivity index (χ0v) is 8.91. The van der Waals surface area contributed by atoms with E-state index in [0.717, 1.165) is 26.2 Å². The fourth-order valence-electron chi connectivity index (χ4n) is 1.84. The molecule has 15 heavy (non-hydrogen) atoms. The van der Waals surface area contributed by atoms with Gasteiger partial charge in [-0.3, -0.25) is 0 Å². The zero-order chi connectivity index (χ0) is 10.6. The molecule has 82 valence electrons. The van der Waals surface area contributed by atoms with Gasteiger partial charge in [0.05, 0.1) is 18.8 Å². The van der Waals surface area contributed by atoms with Crippen molar-refractivity contribution in [1.82, 2.24) is 5.32 Å². The molecule has 1 aliphatic rings. The Balaban J connectivity index is 1.86. The molecule has 3 N–H and O–H groups in total. The third kappa shape index (κ3) is 2.56. The minimum atomic E-state index is 0.130. The summed E-state index contributed by atoms with van der Waals surface area (Å²) in [6.07, 6.45) is 0.986. The summed E-state index contributed by atoms with van der Waals surface area (Å²) in [6.45, 7) is 3.18. The molecule has 2 rings (SSSR count). The highest BCUT2D eigenvalue weighted by molar-refractivity contribution is 5.15. The van der Waals surface area contributed by atoms with Gasteiger partial charge in [-0.25, -0.2) is 0 Å². The molecule has 1 aromatic rings. The second-order valence-electron chi connectivity index (χ2n) is 4.15. The molecule has 3 nitrogen and oxygen atoms in total. The van der Waals surface area contributed by atoms with Crippen molar-refractivity contribution in [2.24, 2.45) is 5.73 Å². The lowest BCUT2D eigenvalue weighted by molar-refractivity contribution is -0.0780. The van der Waals surface area contributed by atoms with Gasteiger partial charge in [-0.05, 0) is 18.5 Å². The summed E-state index contributed by atoms with van der Waals surface area (Å²) in [5.41, 5.74) is 7.03. The summed E-state index contributed by atoms with van der Waals surface area (Å²) in [5, 5.41) is 3.54. The Hall–Kier alpha value is -0.900. The van der Waals surface area contributed by atoms with E-state index < -0.39 is 0 Å². The summed E-state index contributed by atoms with van der Waals surface area (Å²) in [6, 6.07) is 10.4. The first-order chi connectivity index (χ1) is 7.35. The minimum Gasteiger partial charge on any atom is -0.377 e. The number of nitrogens with two attached hydrogens (primary N) is 1. The molecule has 0 atom stereocenters.